The minimum absolute atomic E-state index is 0.131. The van der Waals surface area contributed by atoms with E-state index < -0.39 is 21.7 Å². The first-order chi connectivity index (χ1) is 8.94. The van der Waals surface area contributed by atoms with E-state index >= 15 is 0 Å². The van der Waals surface area contributed by atoms with Crippen LogP contribution in [-0.4, -0.2) is 34.3 Å². The number of aromatic carboxylic acids is 1. The van der Waals surface area contributed by atoms with Crippen LogP contribution >= 0.6 is 11.3 Å². The summed E-state index contributed by atoms with van der Waals surface area (Å²) in [6, 6.07) is 1.49. The summed E-state index contributed by atoms with van der Waals surface area (Å²) in [5.74, 6) is -1.26. The lowest BCUT2D eigenvalue weighted by Crippen LogP contribution is -2.15. The smallest absolute Gasteiger partial charge is 0.356 e. The average molecular weight is 302 g/mol. The van der Waals surface area contributed by atoms with E-state index in [1.54, 1.807) is 10.9 Å². The molecule has 2 rings (SSSR count). The summed E-state index contributed by atoms with van der Waals surface area (Å²) in [5, 5.41) is 12.8. The van der Waals surface area contributed by atoms with Gasteiger partial charge in [-0.3, -0.25) is 9.40 Å². The summed E-state index contributed by atoms with van der Waals surface area (Å²) < 4.78 is 27.5. The highest BCUT2D eigenvalue weighted by Crippen LogP contribution is 2.22. The van der Waals surface area contributed by atoms with Crippen molar-refractivity contribution in [3.63, 3.8) is 0 Å². The van der Waals surface area contributed by atoms with Crippen LogP contribution in [0.1, 0.15) is 17.4 Å². The Labute approximate surface area is 112 Å². The molecule has 0 atom stereocenters. The molecular weight excluding hydrogens is 292 g/mol. The molecule has 0 saturated heterocycles. The number of aromatic nitrogens is 3. The lowest BCUT2D eigenvalue weighted by atomic mass is 10.5. The molecule has 2 N–H and O–H groups in total. The second-order valence-corrected chi connectivity index (χ2v) is 6.19. The Morgan fingerprint density at radius 2 is 2.32 bits per heavy atom. The molecule has 0 saturated carbocycles. The number of nitrogens with one attached hydrogen (secondary N) is 1. The van der Waals surface area contributed by atoms with Crippen LogP contribution in [0.25, 0.3) is 0 Å². The molecule has 0 bridgehead atoms. The number of hydrogen-bond acceptors (Lipinski definition) is 6. The lowest BCUT2D eigenvalue weighted by Gasteiger charge is -2.03. The molecule has 0 unspecified atom stereocenters. The lowest BCUT2D eigenvalue weighted by molar-refractivity contribution is 0.0687. The third kappa shape index (κ3) is 2.74. The van der Waals surface area contributed by atoms with Crippen LogP contribution in [0.15, 0.2) is 22.0 Å². The quantitative estimate of drug-likeness (QED) is 0.846. The summed E-state index contributed by atoms with van der Waals surface area (Å²) in [4.78, 5) is 14.4. The van der Waals surface area contributed by atoms with E-state index in [2.05, 4.69) is 14.8 Å². The van der Waals surface area contributed by atoms with Crippen LogP contribution in [0.4, 0.5) is 5.82 Å². The van der Waals surface area contributed by atoms with Gasteiger partial charge in [-0.05, 0) is 6.92 Å². The van der Waals surface area contributed by atoms with E-state index in [9.17, 15) is 13.2 Å². The number of thiazole rings is 1. The van der Waals surface area contributed by atoms with E-state index in [0.717, 1.165) is 11.3 Å². The first-order valence-corrected chi connectivity index (χ1v) is 7.53. The molecule has 102 valence electrons. The van der Waals surface area contributed by atoms with Crippen molar-refractivity contribution in [1.29, 1.82) is 0 Å². The second kappa shape index (κ2) is 4.97. The second-order valence-electron chi connectivity index (χ2n) is 3.46. The predicted molar refractivity (Wildman–Crippen MR) is 67.8 cm³/mol. The van der Waals surface area contributed by atoms with Gasteiger partial charge in [0.2, 0.25) is 0 Å². The van der Waals surface area contributed by atoms with Gasteiger partial charge in [0, 0.05) is 18.8 Å². The van der Waals surface area contributed by atoms with E-state index in [0.29, 0.717) is 6.54 Å². The van der Waals surface area contributed by atoms with Crippen LogP contribution in [0.3, 0.4) is 0 Å². The molecular formula is C9H10N4O4S2. The molecule has 0 spiro atoms. The number of sulfonamides is 1. The number of carboxylic acid groups (broad SMARTS) is 1. The van der Waals surface area contributed by atoms with Gasteiger partial charge in [-0.2, -0.15) is 5.10 Å². The molecule has 2 aromatic heterocycles. The number of hydrogen-bond donors (Lipinski definition) is 2. The summed E-state index contributed by atoms with van der Waals surface area (Å²) in [6.45, 7) is 2.46. The Kier molecular flexibility index (Phi) is 3.53. The molecule has 0 fully saturated rings. The van der Waals surface area contributed by atoms with Crippen molar-refractivity contribution in [2.45, 2.75) is 17.7 Å². The first-order valence-electron chi connectivity index (χ1n) is 5.17. The Morgan fingerprint density at radius 1 is 1.58 bits per heavy atom. The zero-order chi connectivity index (χ0) is 14.0. The van der Waals surface area contributed by atoms with Crippen LogP contribution in [0.5, 0.6) is 0 Å². The summed E-state index contributed by atoms with van der Waals surface area (Å²) in [7, 11) is -3.99. The van der Waals surface area contributed by atoms with Gasteiger partial charge in [-0.1, -0.05) is 0 Å². The van der Waals surface area contributed by atoms with Gasteiger partial charge in [0.05, 0.1) is 5.51 Å². The Hall–Kier alpha value is -1.94. The Balaban J connectivity index is 2.32. The standard InChI is InChI=1S/C9H10N4O4S2/c1-2-13-4-3-6(11-13)12-19(16,17)9-7(8(14)15)10-5-18-9/h3-5H,2H2,1H3,(H,11,12)(H,14,15). The van der Waals surface area contributed by atoms with E-state index in [4.69, 9.17) is 5.11 Å². The normalized spacial score (nSPS) is 11.4. The van der Waals surface area contributed by atoms with Gasteiger partial charge in [0.15, 0.2) is 15.7 Å². The number of nitrogens with zero attached hydrogens (tertiary/aromatic N) is 3. The Bertz CT molecular complexity index is 703. The van der Waals surface area contributed by atoms with Crippen molar-refractivity contribution in [2.24, 2.45) is 0 Å². The van der Waals surface area contributed by atoms with Gasteiger partial charge in [-0.15, -0.1) is 11.3 Å². The van der Waals surface area contributed by atoms with E-state index in [-0.39, 0.29) is 10.0 Å². The number of anilines is 1. The summed E-state index contributed by atoms with van der Waals surface area (Å²) in [6.07, 6.45) is 1.61. The SMILES string of the molecule is CCn1ccc(NS(=O)(=O)c2scnc2C(=O)O)n1. The van der Waals surface area contributed by atoms with Crippen LogP contribution < -0.4 is 4.72 Å². The molecule has 2 aromatic rings. The maximum Gasteiger partial charge on any atom is 0.356 e. The van der Waals surface area contributed by atoms with E-state index in [1.807, 2.05) is 6.92 Å². The monoisotopic (exact) mass is 302 g/mol. The zero-order valence-electron chi connectivity index (χ0n) is 9.77. The number of aryl methyl sites for hydroxylation is 1. The van der Waals surface area contributed by atoms with Crippen molar-refractivity contribution in [2.75, 3.05) is 4.72 Å². The largest absolute Gasteiger partial charge is 0.476 e. The molecule has 0 aliphatic rings. The number of carboxylic acids is 1. The molecule has 0 aliphatic carbocycles. The third-order valence-electron chi connectivity index (χ3n) is 2.19. The van der Waals surface area contributed by atoms with Gasteiger partial charge >= 0.3 is 5.97 Å². The minimum Gasteiger partial charge on any atom is -0.476 e. The number of rotatable bonds is 5. The molecule has 8 nitrogen and oxygen atoms in total. The maximum absolute atomic E-state index is 12.0. The van der Waals surface area contributed by atoms with Crippen molar-refractivity contribution in [3.05, 3.63) is 23.5 Å². The minimum atomic E-state index is -3.99. The van der Waals surface area contributed by atoms with Gasteiger partial charge in [0.1, 0.15) is 0 Å². The highest BCUT2D eigenvalue weighted by atomic mass is 32.2. The van der Waals surface area contributed by atoms with Crippen molar-refractivity contribution in [1.82, 2.24) is 14.8 Å². The van der Waals surface area contributed by atoms with Crippen molar-refractivity contribution < 1.29 is 18.3 Å². The summed E-state index contributed by atoms with van der Waals surface area (Å²) >= 11 is 0.740. The van der Waals surface area contributed by atoms with Crippen LogP contribution in [0.2, 0.25) is 0 Å². The van der Waals surface area contributed by atoms with Crippen molar-refractivity contribution in [3.8, 4) is 0 Å². The molecule has 2 heterocycles. The highest BCUT2D eigenvalue weighted by Gasteiger charge is 2.26. The maximum atomic E-state index is 12.0. The van der Waals surface area contributed by atoms with Gasteiger partial charge in [-0.25, -0.2) is 18.2 Å². The van der Waals surface area contributed by atoms with Crippen LogP contribution in [0, 0.1) is 0 Å². The van der Waals surface area contributed by atoms with Crippen molar-refractivity contribution >= 4 is 33.1 Å². The first kappa shape index (κ1) is 13.5. The molecule has 0 aromatic carbocycles. The average Bonchev–Trinajstić information content (AvgIpc) is 2.95. The topological polar surface area (TPSA) is 114 Å². The Morgan fingerprint density at radius 3 is 2.89 bits per heavy atom. The molecule has 0 radical (unpaired) electrons. The third-order valence-corrected chi connectivity index (χ3v) is 4.91. The fraction of sp³-hybridized carbons (Fsp3) is 0.222. The molecule has 0 aliphatic heterocycles. The van der Waals surface area contributed by atoms with Gasteiger partial charge in [0.25, 0.3) is 10.0 Å². The predicted octanol–water partition coefficient (Wildman–Crippen LogP) is 0.859. The molecule has 10 heteroatoms. The number of carbonyl (C=O) groups is 1. The fourth-order valence-electron chi connectivity index (χ4n) is 1.34. The van der Waals surface area contributed by atoms with Gasteiger partial charge < -0.3 is 5.11 Å². The van der Waals surface area contributed by atoms with E-state index in [1.165, 1.54) is 11.6 Å². The molecule has 0 amide bonds. The fourth-order valence-corrected chi connectivity index (χ4v) is 3.48. The molecule has 19 heavy (non-hydrogen) atoms. The zero-order valence-corrected chi connectivity index (χ0v) is 11.4. The summed E-state index contributed by atoms with van der Waals surface area (Å²) in [5.41, 5.74) is 0.676. The highest BCUT2D eigenvalue weighted by molar-refractivity contribution is 7.94. The van der Waals surface area contributed by atoms with Crippen LogP contribution in [-0.2, 0) is 16.6 Å².